The van der Waals surface area contributed by atoms with Gasteiger partial charge < -0.3 is 10.5 Å². The molecule has 2 N–H and O–H groups in total. The van der Waals surface area contributed by atoms with Gasteiger partial charge in [-0.15, -0.1) is 0 Å². The van der Waals surface area contributed by atoms with Gasteiger partial charge in [0.15, 0.2) is 0 Å². The van der Waals surface area contributed by atoms with E-state index in [0.29, 0.717) is 5.82 Å². The Morgan fingerprint density at radius 3 is 3.00 bits per heavy atom. The quantitative estimate of drug-likeness (QED) is 0.639. The standard InChI is InChI=1S/C8H10N2O/c1-6(5-11)7-3-2-4-10-8(7)9/h2-6H,1H3,(H2,9,10). The minimum absolute atomic E-state index is 0.163. The molecule has 0 fully saturated rings. The molecule has 0 bridgehead atoms. The highest BCUT2D eigenvalue weighted by Gasteiger charge is 2.06. The zero-order valence-corrected chi connectivity index (χ0v) is 6.32. The van der Waals surface area contributed by atoms with Crippen molar-refractivity contribution < 1.29 is 4.79 Å². The number of anilines is 1. The summed E-state index contributed by atoms with van der Waals surface area (Å²) in [5.41, 5.74) is 6.32. The molecule has 0 saturated carbocycles. The van der Waals surface area contributed by atoms with Crippen molar-refractivity contribution in [3.63, 3.8) is 0 Å². The van der Waals surface area contributed by atoms with E-state index < -0.39 is 0 Å². The summed E-state index contributed by atoms with van der Waals surface area (Å²) in [5, 5.41) is 0. The molecule has 0 amide bonds. The summed E-state index contributed by atoms with van der Waals surface area (Å²) in [5.74, 6) is 0.274. The first kappa shape index (κ1) is 7.72. The predicted octanol–water partition coefficient (Wildman–Crippen LogP) is 0.966. The average molecular weight is 150 g/mol. The van der Waals surface area contributed by atoms with Gasteiger partial charge in [-0.05, 0) is 6.07 Å². The third kappa shape index (κ3) is 1.55. The van der Waals surface area contributed by atoms with E-state index in [-0.39, 0.29) is 5.92 Å². The van der Waals surface area contributed by atoms with E-state index >= 15 is 0 Å². The van der Waals surface area contributed by atoms with Crippen LogP contribution in [-0.4, -0.2) is 11.3 Å². The van der Waals surface area contributed by atoms with E-state index in [1.54, 1.807) is 25.3 Å². The second-order valence-electron chi connectivity index (χ2n) is 2.40. The van der Waals surface area contributed by atoms with Crippen LogP contribution in [0.15, 0.2) is 18.3 Å². The second kappa shape index (κ2) is 3.14. The van der Waals surface area contributed by atoms with E-state index in [0.717, 1.165) is 11.8 Å². The van der Waals surface area contributed by atoms with Crippen LogP contribution < -0.4 is 5.73 Å². The molecule has 0 radical (unpaired) electrons. The molecule has 1 aromatic heterocycles. The Morgan fingerprint density at radius 1 is 1.73 bits per heavy atom. The normalized spacial score (nSPS) is 12.5. The van der Waals surface area contributed by atoms with Gasteiger partial charge in [0.05, 0.1) is 0 Å². The predicted molar refractivity (Wildman–Crippen MR) is 43.1 cm³/mol. The van der Waals surface area contributed by atoms with Gasteiger partial charge in [0.2, 0.25) is 0 Å². The summed E-state index contributed by atoms with van der Waals surface area (Å²) in [7, 11) is 0. The van der Waals surface area contributed by atoms with Gasteiger partial charge in [-0.25, -0.2) is 4.98 Å². The lowest BCUT2D eigenvalue weighted by Crippen LogP contribution is -2.01. The van der Waals surface area contributed by atoms with E-state index in [2.05, 4.69) is 4.98 Å². The van der Waals surface area contributed by atoms with Crippen LogP contribution in [0.25, 0.3) is 0 Å². The summed E-state index contributed by atoms with van der Waals surface area (Å²) >= 11 is 0. The molecule has 58 valence electrons. The number of hydrogen-bond acceptors (Lipinski definition) is 3. The number of hydrogen-bond donors (Lipinski definition) is 1. The van der Waals surface area contributed by atoms with E-state index in [1.807, 2.05) is 0 Å². The number of pyridine rings is 1. The molecule has 3 heteroatoms. The van der Waals surface area contributed by atoms with E-state index in [1.165, 1.54) is 0 Å². The molecule has 1 rings (SSSR count). The van der Waals surface area contributed by atoms with Crippen LogP contribution in [0.2, 0.25) is 0 Å². The van der Waals surface area contributed by atoms with Crippen LogP contribution in [-0.2, 0) is 4.79 Å². The Hall–Kier alpha value is -1.38. The third-order valence-electron chi connectivity index (χ3n) is 1.57. The minimum atomic E-state index is -0.163. The second-order valence-corrected chi connectivity index (χ2v) is 2.40. The fourth-order valence-electron chi connectivity index (χ4n) is 0.888. The number of carbonyl (C=O) groups excluding carboxylic acids is 1. The monoisotopic (exact) mass is 150 g/mol. The smallest absolute Gasteiger partial charge is 0.127 e. The van der Waals surface area contributed by atoms with Crippen molar-refractivity contribution >= 4 is 12.1 Å². The summed E-state index contributed by atoms with van der Waals surface area (Å²) in [6.07, 6.45) is 2.46. The number of nitrogens with zero attached hydrogens (tertiary/aromatic N) is 1. The molecule has 0 aromatic carbocycles. The average Bonchev–Trinajstić information content (AvgIpc) is 2.04. The summed E-state index contributed by atoms with van der Waals surface area (Å²) in [6, 6.07) is 3.58. The Balaban J connectivity index is 3.02. The van der Waals surface area contributed by atoms with Crippen molar-refractivity contribution in [3.8, 4) is 0 Å². The lowest BCUT2D eigenvalue weighted by molar-refractivity contribution is -0.108. The highest BCUT2D eigenvalue weighted by Crippen LogP contribution is 2.16. The first-order chi connectivity index (χ1) is 5.25. The minimum Gasteiger partial charge on any atom is -0.383 e. The van der Waals surface area contributed by atoms with E-state index in [4.69, 9.17) is 5.73 Å². The summed E-state index contributed by atoms with van der Waals surface area (Å²) in [6.45, 7) is 1.79. The first-order valence-corrected chi connectivity index (χ1v) is 3.41. The number of nitrogen functional groups attached to an aromatic ring is 1. The van der Waals surface area contributed by atoms with Crippen molar-refractivity contribution in [3.05, 3.63) is 23.9 Å². The molecule has 0 aliphatic heterocycles. The van der Waals surface area contributed by atoms with E-state index in [9.17, 15) is 4.79 Å². The topological polar surface area (TPSA) is 56.0 Å². The zero-order valence-electron chi connectivity index (χ0n) is 6.32. The molecule has 3 nitrogen and oxygen atoms in total. The highest BCUT2D eigenvalue weighted by atomic mass is 16.1. The fourth-order valence-corrected chi connectivity index (χ4v) is 0.888. The van der Waals surface area contributed by atoms with Gasteiger partial charge >= 0.3 is 0 Å². The van der Waals surface area contributed by atoms with Gasteiger partial charge in [-0.3, -0.25) is 0 Å². The molecule has 1 atom stereocenters. The molecule has 0 spiro atoms. The maximum Gasteiger partial charge on any atom is 0.127 e. The maximum absolute atomic E-state index is 10.4. The molecule has 0 aliphatic rings. The van der Waals surface area contributed by atoms with Gasteiger partial charge in [0.25, 0.3) is 0 Å². The van der Waals surface area contributed by atoms with Crippen LogP contribution in [0.5, 0.6) is 0 Å². The Labute approximate surface area is 65.2 Å². The lowest BCUT2D eigenvalue weighted by Gasteiger charge is -2.04. The van der Waals surface area contributed by atoms with Crippen molar-refractivity contribution in [2.75, 3.05) is 5.73 Å². The van der Waals surface area contributed by atoms with Crippen LogP contribution in [0.1, 0.15) is 18.4 Å². The van der Waals surface area contributed by atoms with Crippen LogP contribution >= 0.6 is 0 Å². The van der Waals surface area contributed by atoms with Crippen LogP contribution in [0.3, 0.4) is 0 Å². The van der Waals surface area contributed by atoms with Crippen molar-refractivity contribution in [2.24, 2.45) is 0 Å². The first-order valence-electron chi connectivity index (χ1n) is 3.41. The number of nitrogens with two attached hydrogens (primary N) is 1. The molecular weight excluding hydrogens is 140 g/mol. The summed E-state index contributed by atoms with van der Waals surface area (Å²) in [4.78, 5) is 14.2. The van der Waals surface area contributed by atoms with Gasteiger partial charge in [0.1, 0.15) is 12.1 Å². The van der Waals surface area contributed by atoms with Crippen molar-refractivity contribution in [1.29, 1.82) is 0 Å². The van der Waals surface area contributed by atoms with Crippen molar-refractivity contribution in [2.45, 2.75) is 12.8 Å². The zero-order chi connectivity index (χ0) is 8.27. The van der Waals surface area contributed by atoms with Gasteiger partial charge in [0, 0.05) is 17.7 Å². The largest absolute Gasteiger partial charge is 0.383 e. The molecular formula is C8H10N2O. The maximum atomic E-state index is 10.4. The highest BCUT2D eigenvalue weighted by molar-refractivity contribution is 5.64. The third-order valence-corrected chi connectivity index (χ3v) is 1.57. The number of aromatic nitrogens is 1. The lowest BCUT2D eigenvalue weighted by atomic mass is 10.0. The molecule has 1 aromatic rings. The summed E-state index contributed by atoms with van der Waals surface area (Å²) < 4.78 is 0. The van der Waals surface area contributed by atoms with Crippen LogP contribution in [0, 0.1) is 0 Å². The Morgan fingerprint density at radius 2 is 2.45 bits per heavy atom. The molecule has 1 heterocycles. The Bertz CT molecular complexity index is 260. The molecule has 1 unspecified atom stereocenters. The number of aldehydes is 1. The molecule has 0 aliphatic carbocycles. The number of carbonyl (C=O) groups is 1. The fraction of sp³-hybridized carbons (Fsp3) is 0.250. The van der Waals surface area contributed by atoms with Gasteiger partial charge in [-0.1, -0.05) is 13.0 Å². The number of rotatable bonds is 2. The van der Waals surface area contributed by atoms with Gasteiger partial charge in [-0.2, -0.15) is 0 Å². The van der Waals surface area contributed by atoms with Crippen LogP contribution in [0.4, 0.5) is 5.82 Å². The molecule has 11 heavy (non-hydrogen) atoms. The SMILES string of the molecule is CC(C=O)c1cccnc1N. The Kier molecular flexibility index (Phi) is 2.21. The van der Waals surface area contributed by atoms with Crippen molar-refractivity contribution in [1.82, 2.24) is 4.98 Å². The molecule has 0 saturated heterocycles.